The summed E-state index contributed by atoms with van der Waals surface area (Å²) in [7, 11) is 0. The summed E-state index contributed by atoms with van der Waals surface area (Å²) in [6.07, 6.45) is 11.8. The Labute approximate surface area is 154 Å². The molecule has 0 aromatic carbocycles. The highest BCUT2D eigenvalue weighted by molar-refractivity contribution is 5.43. The van der Waals surface area contributed by atoms with Crippen LogP contribution in [0.15, 0.2) is 34.8 Å². The Hall–Kier alpha value is -2.21. The molecule has 140 valence electrons. The minimum atomic E-state index is -0.0367. The van der Waals surface area contributed by atoms with Crippen LogP contribution in [-0.4, -0.2) is 32.4 Å². The molecule has 26 heavy (non-hydrogen) atoms. The van der Waals surface area contributed by atoms with E-state index in [4.69, 9.17) is 9.84 Å². The van der Waals surface area contributed by atoms with Gasteiger partial charge in [-0.25, -0.2) is 9.50 Å². The first-order valence-corrected chi connectivity index (χ1v) is 9.50. The second-order valence-corrected chi connectivity index (χ2v) is 6.77. The van der Waals surface area contributed by atoms with Crippen molar-refractivity contribution in [3.63, 3.8) is 0 Å². The fourth-order valence-electron chi connectivity index (χ4n) is 3.41. The molecule has 6 heteroatoms. The van der Waals surface area contributed by atoms with E-state index >= 15 is 0 Å². The van der Waals surface area contributed by atoms with E-state index in [9.17, 15) is 4.79 Å². The molecule has 0 spiro atoms. The van der Waals surface area contributed by atoms with Gasteiger partial charge in [0.25, 0.3) is 5.56 Å². The molecule has 1 fully saturated rings. The van der Waals surface area contributed by atoms with Crippen molar-refractivity contribution in [2.75, 3.05) is 13.2 Å². The summed E-state index contributed by atoms with van der Waals surface area (Å²) in [4.78, 5) is 17.6. The second-order valence-electron chi connectivity index (χ2n) is 6.77. The van der Waals surface area contributed by atoms with E-state index in [1.54, 1.807) is 15.3 Å². The lowest BCUT2D eigenvalue weighted by atomic mass is 10.0. The summed E-state index contributed by atoms with van der Waals surface area (Å²) >= 11 is 0. The van der Waals surface area contributed by atoms with Gasteiger partial charge in [-0.15, -0.1) is 0 Å². The monoisotopic (exact) mass is 356 g/mol. The first kappa shape index (κ1) is 18.6. The molecule has 3 heterocycles. The van der Waals surface area contributed by atoms with Gasteiger partial charge in [0.2, 0.25) is 0 Å². The van der Waals surface area contributed by atoms with Gasteiger partial charge in [0.05, 0.1) is 12.7 Å². The zero-order valence-electron chi connectivity index (χ0n) is 15.9. The lowest BCUT2D eigenvalue weighted by molar-refractivity contribution is 0.143. The fourth-order valence-corrected chi connectivity index (χ4v) is 3.41. The molecule has 1 atom stereocenters. The highest BCUT2D eigenvalue weighted by Gasteiger charge is 2.22. The number of ether oxygens (including phenoxy) is 1. The van der Waals surface area contributed by atoms with Gasteiger partial charge >= 0.3 is 0 Å². The smallest absolute Gasteiger partial charge is 0.279 e. The summed E-state index contributed by atoms with van der Waals surface area (Å²) in [6, 6.07) is 0. The number of aromatic nitrogens is 4. The van der Waals surface area contributed by atoms with E-state index < -0.39 is 0 Å². The molecule has 3 rings (SSSR count). The molecule has 6 nitrogen and oxygen atoms in total. The number of hydrogen-bond donors (Lipinski definition) is 0. The van der Waals surface area contributed by atoms with Crippen molar-refractivity contribution in [1.29, 1.82) is 0 Å². The Morgan fingerprint density at radius 1 is 1.38 bits per heavy atom. The molecule has 0 amide bonds. The quantitative estimate of drug-likeness (QED) is 0.771. The number of fused-ring (bicyclic) bond motifs is 1. The zero-order valence-corrected chi connectivity index (χ0v) is 15.9. The van der Waals surface area contributed by atoms with Crippen molar-refractivity contribution in [3.8, 4) is 0 Å². The minimum Gasteiger partial charge on any atom is -0.381 e. The van der Waals surface area contributed by atoms with Crippen LogP contribution in [0.2, 0.25) is 0 Å². The number of nitrogens with zero attached hydrogens (tertiary/aromatic N) is 4. The Morgan fingerprint density at radius 2 is 2.23 bits per heavy atom. The third-order valence-electron chi connectivity index (χ3n) is 4.96. The van der Waals surface area contributed by atoms with E-state index in [1.807, 2.05) is 19.9 Å². The van der Waals surface area contributed by atoms with Crippen LogP contribution < -0.4 is 5.56 Å². The predicted molar refractivity (Wildman–Crippen MR) is 103 cm³/mol. The Bertz CT molecular complexity index is 868. The van der Waals surface area contributed by atoms with E-state index in [2.05, 4.69) is 24.1 Å². The maximum Gasteiger partial charge on any atom is 0.279 e. The SMILES string of the molecule is C/C=C(\C=C/CC)Cn1c(C)nn2c(C3CCCOCC3)ncc2c1=O. The van der Waals surface area contributed by atoms with Crippen LogP contribution in [0.4, 0.5) is 0 Å². The predicted octanol–water partition coefficient (Wildman–Crippen LogP) is 3.40. The van der Waals surface area contributed by atoms with Crippen molar-refractivity contribution in [2.24, 2.45) is 0 Å². The number of allylic oxidation sites excluding steroid dienone is 4. The number of aryl methyl sites for hydroxylation is 1. The highest BCUT2D eigenvalue weighted by Crippen LogP contribution is 2.26. The van der Waals surface area contributed by atoms with Gasteiger partial charge in [-0.3, -0.25) is 9.36 Å². The van der Waals surface area contributed by atoms with Crippen LogP contribution in [0.5, 0.6) is 0 Å². The highest BCUT2D eigenvalue weighted by atomic mass is 16.5. The van der Waals surface area contributed by atoms with Crippen LogP contribution in [0.25, 0.3) is 5.52 Å². The van der Waals surface area contributed by atoms with Crippen molar-refractivity contribution in [2.45, 2.75) is 58.9 Å². The van der Waals surface area contributed by atoms with Gasteiger partial charge in [0.15, 0.2) is 5.52 Å². The topological polar surface area (TPSA) is 61.4 Å². The van der Waals surface area contributed by atoms with Crippen LogP contribution in [0.3, 0.4) is 0 Å². The van der Waals surface area contributed by atoms with Crippen LogP contribution >= 0.6 is 0 Å². The molecule has 0 saturated carbocycles. The molecule has 0 aliphatic carbocycles. The van der Waals surface area contributed by atoms with E-state index in [0.29, 0.717) is 23.8 Å². The summed E-state index contributed by atoms with van der Waals surface area (Å²) in [5, 5.41) is 4.69. The summed E-state index contributed by atoms with van der Waals surface area (Å²) in [5.74, 6) is 1.88. The fraction of sp³-hybridized carbons (Fsp3) is 0.550. The molecule has 0 bridgehead atoms. The number of rotatable bonds is 5. The third-order valence-corrected chi connectivity index (χ3v) is 4.96. The van der Waals surface area contributed by atoms with Crippen molar-refractivity contribution in [3.05, 3.63) is 52.0 Å². The van der Waals surface area contributed by atoms with Crippen LogP contribution in [0, 0.1) is 6.92 Å². The minimum absolute atomic E-state index is 0.0367. The molecule has 1 unspecified atom stereocenters. The van der Waals surface area contributed by atoms with Crippen LogP contribution in [-0.2, 0) is 11.3 Å². The Morgan fingerprint density at radius 3 is 3.00 bits per heavy atom. The summed E-state index contributed by atoms with van der Waals surface area (Å²) in [5.41, 5.74) is 1.61. The Balaban J connectivity index is 1.99. The lowest BCUT2D eigenvalue weighted by Gasteiger charge is -2.14. The van der Waals surface area contributed by atoms with E-state index in [0.717, 1.165) is 50.3 Å². The largest absolute Gasteiger partial charge is 0.381 e. The molecular weight excluding hydrogens is 328 g/mol. The molecule has 1 aliphatic rings. The zero-order chi connectivity index (χ0) is 18.5. The number of hydrogen-bond acceptors (Lipinski definition) is 4. The maximum absolute atomic E-state index is 13.0. The first-order valence-electron chi connectivity index (χ1n) is 9.50. The van der Waals surface area contributed by atoms with Crippen molar-refractivity contribution < 1.29 is 4.74 Å². The average molecular weight is 356 g/mol. The molecule has 2 aromatic heterocycles. The van der Waals surface area contributed by atoms with Crippen LogP contribution in [0.1, 0.15) is 57.1 Å². The standard InChI is InChI=1S/C20H28N4O2/c1-4-6-8-16(5-2)14-23-15(3)22-24-18(20(23)25)13-21-19(24)17-9-7-11-26-12-10-17/h5-6,8,13,17H,4,7,9-12,14H2,1-3H3/b8-6-,16-5+. The van der Waals surface area contributed by atoms with Gasteiger partial charge in [0.1, 0.15) is 11.6 Å². The molecule has 0 N–H and O–H groups in total. The normalized spacial score (nSPS) is 19.3. The second kappa shape index (κ2) is 8.45. The van der Waals surface area contributed by atoms with Gasteiger partial charge in [-0.2, -0.15) is 5.10 Å². The van der Waals surface area contributed by atoms with Gasteiger partial charge < -0.3 is 4.74 Å². The van der Waals surface area contributed by atoms with Crippen molar-refractivity contribution in [1.82, 2.24) is 19.2 Å². The third kappa shape index (κ3) is 3.80. The summed E-state index contributed by atoms with van der Waals surface area (Å²) < 4.78 is 9.03. The average Bonchev–Trinajstić information content (AvgIpc) is 2.88. The van der Waals surface area contributed by atoms with Gasteiger partial charge in [0, 0.05) is 19.1 Å². The molecule has 2 aromatic rings. The van der Waals surface area contributed by atoms with Gasteiger partial charge in [-0.1, -0.05) is 25.2 Å². The molecule has 1 saturated heterocycles. The lowest BCUT2D eigenvalue weighted by Crippen LogP contribution is -2.27. The molecule has 0 radical (unpaired) electrons. The van der Waals surface area contributed by atoms with E-state index in [-0.39, 0.29) is 5.56 Å². The molecule has 1 aliphatic heterocycles. The number of imidazole rings is 1. The summed E-state index contributed by atoms with van der Waals surface area (Å²) in [6.45, 7) is 8.05. The van der Waals surface area contributed by atoms with Crippen molar-refractivity contribution >= 4 is 5.52 Å². The first-order chi connectivity index (χ1) is 12.7. The maximum atomic E-state index is 13.0. The molecular formula is C20H28N4O2. The van der Waals surface area contributed by atoms with Gasteiger partial charge in [-0.05, 0) is 45.1 Å². The van der Waals surface area contributed by atoms with E-state index in [1.165, 1.54) is 0 Å². The Kier molecular flexibility index (Phi) is 6.04.